The van der Waals surface area contributed by atoms with Crippen LogP contribution in [0.15, 0.2) is 78.9 Å². The summed E-state index contributed by atoms with van der Waals surface area (Å²) in [7, 11) is 3.16. The Labute approximate surface area is 170 Å². The van der Waals surface area contributed by atoms with Gasteiger partial charge in [0.05, 0.1) is 14.2 Å². The standard InChI is InChI=1S/C24H23NO4/c1-27-22-13-11-18(15-23(22)28-2)12-14-24(26)25-20-9-6-10-21(16-20)29-17-19-7-4-3-5-8-19/h3-16H,17H2,1-2H3,(H,25,26)/b14-12+. The number of hydrogen-bond donors (Lipinski definition) is 1. The number of rotatable bonds is 8. The molecule has 3 aromatic carbocycles. The molecule has 0 heterocycles. The van der Waals surface area contributed by atoms with Crippen LogP contribution in [0.2, 0.25) is 0 Å². The minimum absolute atomic E-state index is 0.236. The highest BCUT2D eigenvalue weighted by Crippen LogP contribution is 2.28. The molecule has 0 saturated carbocycles. The van der Waals surface area contributed by atoms with Crippen molar-refractivity contribution in [1.82, 2.24) is 0 Å². The normalized spacial score (nSPS) is 10.6. The molecular weight excluding hydrogens is 366 g/mol. The van der Waals surface area contributed by atoms with E-state index in [9.17, 15) is 4.79 Å². The molecule has 1 N–H and O–H groups in total. The zero-order chi connectivity index (χ0) is 20.5. The van der Waals surface area contributed by atoms with Crippen molar-refractivity contribution in [1.29, 1.82) is 0 Å². The first kappa shape index (κ1) is 20.0. The van der Waals surface area contributed by atoms with Gasteiger partial charge in [-0.15, -0.1) is 0 Å². The summed E-state index contributed by atoms with van der Waals surface area (Å²) in [6, 6.07) is 22.7. The summed E-state index contributed by atoms with van der Waals surface area (Å²) >= 11 is 0. The maximum absolute atomic E-state index is 12.3. The average Bonchev–Trinajstić information content (AvgIpc) is 2.77. The van der Waals surface area contributed by atoms with E-state index in [1.807, 2.05) is 54.6 Å². The van der Waals surface area contributed by atoms with E-state index in [0.29, 0.717) is 29.5 Å². The van der Waals surface area contributed by atoms with Gasteiger partial charge in [-0.2, -0.15) is 0 Å². The van der Waals surface area contributed by atoms with Gasteiger partial charge in [0.1, 0.15) is 12.4 Å². The third-order valence-corrected chi connectivity index (χ3v) is 4.18. The smallest absolute Gasteiger partial charge is 0.248 e. The zero-order valence-corrected chi connectivity index (χ0v) is 16.4. The number of carbonyl (C=O) groups is 1. The van der Waals surface area contributed by atoms with E-state index < -0.39 is 0 Å². The monoisotopic (exact) mass is 389 g/mol. The Hall–Kier alpha value is -3.73. The van der Waals surface area contributed by atoms with E-state index in [4.69, 9.17) is 14.2 Å². The topological polar surface area (TPSA) is 56.8 Å². The van der Waals surface area contributed by atoms with Gasteiger partial charge in [0.15, 0.2) is 11.5 Å². The predicted octanol–water partition coefficient (Wildman–Crippen LogP) is 4.93. The van der Waals surface area contributed by atoms with Crippen LogP contribution in [0, 0.1) is 0 Å². The molecule has 0 radical (unpaired) electrons. The molecule has 0 aromatic heterocycles. The number of ether oxygens (including phenoxy) is 3. The molecule has 29 heavy (non-hydrogen) atoms. The first-order valence-corrected chi connectivity index (χ1v) is 9.16. The van der Waals surface area contributed by atoms with Crippen molar-refractivity contribution in [2.75, 3.05) is 19.5 Å². The quantitative estimate of drug-likeness (QED) is 0.555. The number of carbonyl (C=O) groups excluding carboxylic acids is 1. The van der Waals surface area contributed by atoms with E-state index >= 15 is 0 Å². The maximum Gasteiger partial charge on any atom is 0.248 e. The highest BCUT2D eigenvalue weighted by molar-refractivity contribution is 6.02. The third kappa shape index (κ3) is 5.87. The number of anilines is 1. The molecule has 0 aliphatic carbocycles. The van der Waals surface area contributed by atoms with E-state index in [1.54, 1.807) is 38.5 Å². The first-order chi connectivity index (χ1) is 14.2. The van der Waals surface area contributed by atoms with Crippen LogP contribution in [-0.2, 0) is 11.4 Å². The van der Waals surface area contributed by atoms with Gasteiger partial charge in [0, 0.05) is 17.8 Å². The molecule has 0 bridgehead atoms. The summed E-state index contributed by atoms with van der Waals surface area (Å²) < 4.78 is 16.3. The number of benzene rings is 3. The lowest BCUT2D eigenvalue weighted by Crippen LogP contribution is -2.07. The van der Waals surface area contributed by atoms with E-state index in [2.05, 4.69) is 5.32 Å². The van der Waals surface area contributed by atoms with Crippen LogP contribution in [0.1, 0.15) is 11.1 Å². The van der Waals surface area contributed by atoms with E-state index in [-0.39, 0.29) is 5.91 Å². The van der Waals surface area contributed by atoms with Crippen LogP contribution >= 0.6 is 0 Å². The molecule has 3 rings (SSSR count). The molecule has 3 aromatic rings. The highest BCUT2D eigenvalue weighted by Gasteiger charge is 2.04. The molecule has 0 unspecified atom stereocenters. The molecule has 0 fully saturated rings. The van der Waals surface area contributed by atoms with Crippen LogP contribution in [-0.4, -0.2) is 20.1 Å². The molecule has 0 saturated heterocycles. The van der Waals surface area contributed by atoms with Crippen molar-refractivity contribution < 1.29 is 19.0 Å². The van der Waals surface area contributed by atoms with Crippen LogP contribution in [0.25, 0.3) is 6.08 Å². The van der Waals surface area contributed by atoms with Crippen molar-refractivity contribution >= 4 is 17.7 Å². The minimum atomic E-state index is -0.236. The van der Waals surface area contributed by atoms with Gasteiger partial charge in [0.25, 0.3) is 0 Å². The van der Waals surface area contributed by atoms with Crippen molar-refractivity contribution in [3.05, 3.63) is 90.0 Å². The molecule has 148 valence electrons. The molecule has 1 amide bonds. The van der Waals surface area contributed by atoms with Gasteiger partial charge in [-0.25, -0.2) is 0 Å². The summed E-state index contributed by atoms with van der Waals surface area (Å²) in [6.45, 7) is 0.470. The molecule has 5 heteroatoms. The van der Waals surface area contributed by atoms with Gasteiger partial charge >= 0.3 is 0 Å². The molecule has 0 atom stereocenters. The molecule has 0 aliphatic heterocycles. The van der Waals surface area contributed by atoms with Crippen molar-refractivity contribution in [3.63, 3.8) is 0 Å². The Balaban J connectivity index is 1.59. The summed E-state index contributed by atoms with van der Waals surface area (Å²) in [5.41, 5.74) is 2.58. The Morgan fingerprint density at radius 1 is 0.897 bits per heavy atom. The summed E-state index contributed by atoms with van der Waals surface area (Å²) in [5.74, 6) is 1.70. The number of amides is 1. The summed E-state index contributed by atoms with van der Waals surface area (Å²) in [4.78, 5) is 12.3. The van der Waals surface area contributed by atoms with E-state index in [0.717, 1.165) is 11.1 Å². The minimum Gasteiger partial charge on any atom is -0.493 e. The van der Waals surface area contributed by atoms with Gasteiger partial charge in [-0.1, -0.05) is 42.5 Å². The fourth-order valence-corrected chi connectivity index (χ4v) is 2.72. The number of nitrogens with one attached hydrogen (secondary N) is 1. The lowest BCUT2D eigenvalue weighted by Gasteiger charge is -2.09. The third-order valence-electron chi connectivity index (χ3n) is 4.18. The second kappa shape index (κ2) is 9.99. The lowest BCUT2D eigenvalue weighted by molar-refractivity contribution is -0.111. The maximum atomic E-state index is 12.3. The summed E-state index contributed by atoms with van der Waals surface area (Å²) in [6.07, 6.45) is 3.19. The fourth-order valence-electron chi connectivity index (χ4n) is 2.72. The Morgan fingerprint density at radius 2 is 1.69 bits per heavy atom. The van der Waals surface area contributed by atoms with Crippen molar-refractivity contribution in [3.8, 4) is 17.2 Å². The van der Waals surface area contributed by atoms with Gasteiger partial charge in [-0.3, -0.25) is 4.79 Å². The van der Waals surface area contributed by atoms with Crippen molar-refractivity contribution in [2.24, 2.45) is 0 Å². The summed E-state index contributed by atoms with van der Waals surface area (Å²) in [5, 5.41) is 2.84. The second-order valence-corrected chi connectivity index (χ2v) is 6.24. The molecule has 5 nitrogen and oxygen atoms in total. The fraction of sp³-hybridized carbons (Fsp3) is 0.125. The average molecular weight is 389 g/mol. The lowest BCUT2D eigenvalue weighted by atomic mass is 10.2. The Morgan fingerprint density at radius 3 is 2.45 bits per heavy atom. The second-order valence-electron chi connectivity index (χ2n) is 6.24. The van der Waals surface area contributed by atoms with Crippen LogP contribution in [0.4, 0.5) is 5.69 Å². The first-order valence-electron chi connectivity index (χ1n) is 9.16. The van der Waals surface area contributed by atoms with E-state index in [1.165, 1.54) is 6.08 Å². The molecule has 0 spiro atoms. The van der Waals surface area contributed by atoms with Gasteiger partial charge in [-0.05, 0) is 41.5 Å². The number of methoxy groups -OCH3 is 2. The largest absolute Gasteiger partial charge is 0.493 e. The SMILES string of the molecule is COc1ccc(/C=C/C(=O)Nc2cccc(OCc3ccccc3)c2)cc1OC. The van der Waals surface area contributed by atoms with Crippen LogP contribution in [0.5, 0.6) is 17.2 Å². The highest BCUT2D eigenvalue weighted by atomic mass is 16.5. The molecule has 0 aliphatic rings. The van der Waals surface area contributed by atoms with Crippen LogP contribution in [0.3, 0.4) is 0 Å². The predicted molar refractivity (Wildman–Crippen MR) is 114 cm³/mol. The van der Waals surface area contributed by atoms with Gasteiger partial charge < -0.3 is 19.5 Å². The van der Waals surface area contributed by atoms with Crippen LogP contribution < -0.4 is 19.5 Å². The van der Waals surface area contributed by atoms with Gasteiger partial charge in [0.2, 0.25) is 5.91 Å². The Bertz CT molecular complexity index is 983. The van der Waals surface area contributed by atoms with Crippen molar-refractivity contribution in [2.45, 2.75) is 6.61 Å². The number of hydrogen-bond acceptors (Lipinski definition) is 4. The zero-order valence-electron chi connectivity index (χ0n) is 16.4. The Kier molecular flexibility index (Phi) is 6.90. The molecular formula is C24H23NO4.